The standard InChI is InChI=1S/C33H40ClN5O5S2/c1-20(2)30-36-25(18-45-30)31(42)39-13-14-44-33(19-39)8-11-38(12-9-33)17-21-3-5-24(34)22(15-21)7-10-35-16-27(41)23-4-6-26(40)28-29(23)46-32(43)37-28/h3-6,15,18,20,27,35,40-41H,7-14,16-17,19H2,1-2H3,(H,37,43)/t27-/m0/s1. The number of morpholine rings is 1. The van der Waals surface area contributed by atoms with Gasteiger partial charge in [0.05, 0.1) is 34.6 Å². The molecule has 2 aliphatic rings. The Kier molecular flexibility index (Phi) is 10.1. The lowest BCUT2D eigenvalue weighted by molar-refractivity contribution is -0.128. The molecular weight excluding hydrogens is 646 g/mol. The molecule has 2 fully saturated rings. The average Bonchev–Trinajstić information content (AvgIpc) is 3.70. The van der Waals surface area contributed by atoms with Crippen molar-refractivity contribution in [3.05, 3.63) is 77.8 Å². The number of fused-ring (bicyclic) bond motifs is 1. The van der Waals surface area contributed by atoms with Crippen molar-refractivity contribution in [1.82, 2.24) is 25.1 Å². The summed E-state index contributed by atoms with van der Waals surface area (Å²) in [6.45, 7) is 9.41. The van der Waals surface area contributed by atoms with Gasteiger partial charge in [-0.15, -0.1) is 11.3 Å². The third-order valence-electron chi connectivity index (χ3n) is 8.91. The number of carbonyl (C=O) groups excluding carboxylic acids is 1. The van der Waals surface area contributed by atoms with Gasteiger partial charge in [-0.25, -0.2) is 4.98 Å². The Balaban J connectivity index is 0.989. The van der Waals surface area contributed by atoms with Crippen LogP contribution < -0.4 is 10.2 Å². The Bertz CT molecular complexity index is 1750. The maximum Gasteiger partial charge on any atom is 0.305 e. The van der Waals surface area contributed by atoms with Gasteiger partial charge >= 0.3 is 4.87 Å². The van der Waals surface area contributed by atoms with E-state index in [1.54, 1.807) is 17.4 Å². The molecule has 0 aliphatic carbocycles. The number of phenols is 1. The first kappa shape index (κ1) is 33.1. The zero-order valence-corrected chi connectivity index (χ0v) is 28.4. The van der Waals surface area contributed by atoms with Crippen molar-refractivity contribution < 1.29 is 19.7 Å². The Labute approximate surface area is 281 Å². The highest BCUT2D eigenvalue weighted by atomic mass is 35.5. The summed E-state index contributed by atoms with van der Waals surface area (Å²) in [5, 5.41) is 27.7. The van der Waals surface area contributed by atoms with E-state index >= 15 is 0 Å². The summed E-state index contributed by atoms with van der Waals surface area (Å²) in [6, 6.07) is 9.31. The van der Waals surface area contributed by atoms with Crippen molar-refractivity contribution in [3.8, 4) is 5.75 Å². The van der Waals surface area contributed by atoms with E-state index in [1.165, 1.54) is 11.6 Å². The smallest absolute Gasteiger partial charge is 0.305 e. The first-order valence-corrected chi connectivity index (χ1v) is 17.8. The molecule has 10 nitrogen and oxygen atoms in total. The minimum Gasteiger partial charge on any atom is -0.506 e. The number of nitrogens with one attached hydrogen (secondary N) is 2. The average molecular weight is 686 g/mol. The SMILES string of the molecule is CC(C)c1nc(C(=O)N2CCOC3(CCN(Cc4ccc(Cl)c(CCNC[C@H](O)c5ccc(O)c6[nH]c(=O)sc56)c4)CC3)C2)cs1. The number of hydrogen-bond acceptors (Lipinski definition) is 10. The Hall–Kier alpha value is -2.84. The first-order chi connectivity index (χ1) is 22.1. The third-order valence-corrected chi connectivity index (χ3v) is 11.4. The van der Waals surface area contributed by atoms with E-state index in [-0.39, 0.29) is 22.1 Å². The molecule has 0 radical (unpaired) electrons. The summed E-state index contributed by atoms with van der Waals surface area (Å²) < 4.78 is 6.89. The molecule has 1 atom stereocenters. The van der Waals surface area contributed by atoms with Gasteiger partial charge in [-0.3, -0.25) is 14.5 Å². The molecule has 0 bridgehead atoms. The van der Waals surface area contributed by atoms with Crippen LogP contribution in [0.5, 0.6) is 5.75 Å². The molecule has 2 aromatic carbocycles. The van der Waals surface area contributed by atoms with Gasteiger partial charge in [0.2, 0.25) is 0 Å². The van der Waals surface area contributed by atoms with Crippen LogP contribution in [0.3, 0.4) is 0 Å². The van der Waals surface area contributed by atoms with Crippen molar-refractivity contribution in [2.75, 3.05) is 45.9 Å². The van der Waals surface area contributed by atoms with Crippen molar-refractivity contribution in [2.24, 2.45) is 0 Å². The number of piperidine rings is 1. The molecule has 0 unspecified atom stereocenters. The highest BCUT2D eigenvalue weighted by Crippen LogP contribution is 2.33. The van der Waals surface area contributed by atoms with E-state index in [1.807, 2.05) is 16.3 Å². The number of carbonyl (C=O) groups is 1. The Morgan fingerprint density at radius 2 is 2.02 bits per heavy atom. The molecule has 4 heterocycles. The second-order valence-corrected chi connectivity index (χ2v) is 14.8. The first-order valence-electron chi connectivity index (χ1n) is 15.7. The number of thiazole rings is 2. The number of aliphatic hydroxyl groups is 1. The summed E-state index contributed by atoms with van der Waals surface area (Å²) in [7, 11) is 0. The summed E-state index contributed by atoms with van der Waals surface area (Å²) in [4.78, 5) is 36.3. The van der Waals surface area contributed by atoms with E-state index in [9.17, 15) is 19.8 Å². The minimum absolute atomic E-state index is 0.00241. The largest absolute Gasteiger partial charge is 0.506 e. The van der Waals surface area contributed by atoms with Crippen LogP contribution >= 0.6 is 34.3 Å². The molecular formula is C33H40ClN5O5S2. The number of phenolic OH excluding ortho intramolecular Hbond substituents is 1. The van der Waals surface area contributed by atoms with Gasteiger partial charge in [0, 0.05) is 54.6 Å². The molecule has 4 N–H and O–H groups in total. The highest BCUT2D eigenvalue weighted by Gasteiger charge is 2.41. The molecule has 1 spiro atoms. The number of H-pyrrole nitrogens is 1. The fourth-order valence-corrected chi connectivity index (χ4v) is 8.24. The molecule has 4 aromatic rings. The highest BCUT2D eigenvalue weighted by molar-refractivity contribution is 7.16. The predicted molar refractivity (Wildman–Crippen MR) is 182 cm³/mol. The molecule has 0 saturated carbocycles. The maximum absolute atomic E-state index is 13.2. The number of halogens is 1. The van der Waals surface area contributed by atoms with Gasteiger partial charge in [0.15, 0.2) is 0 Å². The van der Waals surface area contributed by atoms with E-state index in [4.69, 9.17) is 16.3 Å². The molecule has 246 valence electrons. The normalized spacial score (nSPS) is 17.7. The van der Waals surface area contributed by atoms with Gasteiger partial charge in [0.25, 0.3) is 5.91 Å². The van der Waals surface area contributed by atoms with Crippen LogP contribution in [-0.4, -0.2) is 87.4 Å². The number of aromatic hydroxyl groups is 1. The van der Waals surface area contributed by atoms with Crippen LogP contribution in [-0.2, 0) is 17.7 Å². The van der Waals surface area contributed by atoms with E-state index in [0.717, 1.165) is 54.4 Å². The second-order valence-electron chi connectivity index (χ2n) is 12.5. The van der Waals surface area contributed by atoms with Gasteiger partial charge in [0.1, 0.15) is 17.0 Å². The van der Waals surface area contributed by atoms with Crippen molar-refractivity contribution >= 4 is 50.4 Å². The number of rotatable bonds is 10. The summed E-state index contributed by atoms with van der Waals surface area (Å²) in [6.07, 6.45) is 1.60. The van der Waals surface area contributed by atoms with E-state index in [2.05, 4.69) is 46.2 Å². The zero-order valence-electron chi connectivity index (χ0n) is 26.1. The number of likely N-dealkylation sites (tertiary alicyclic amines) is 1. The van der Waals surface area contributed by atoms with Crippen LogP contribution in [0.1, 0.15) is 70.9 Å². The second kappa shape index (κ2) is 14.1. The Morgan fingerprint density at radius 3 is 2.78 bits per heavy atom. The molecule has 6 rings (SSSR count). The van der Waals surface area contributed by atoms with Crippen LogP contribution in [0, 0.1) is 0 Å². The monoisotopic (exact) mass is 685 g/mol. The summed E-state index contributed by atoms with van der Waals surface area (Å²) in [5.41, 5.74) is 3.42. The molecule has 2 aliphatic heterocycles. The number of ether oxygens (including phenoxy) is 1. The summed E-state index contributed by atoms with van der Waals surface area (Å²) in [5.74, 6) is 0.302. The number of amides is 1. The number of aromatic nitrogens is 2. The third kappa shape index (κ3) is 7.33. The van der Waals surface area contributed by atoms with E-state index in [0.29, 0.717) is 71.6 Å². The lowest BCUT2D eigenvalue weighted by Gasteiger charge is -2.47. The molecule has 1 amide bonds. The van der Waals surface area contributed by atoms with Crippen LogP contribution in [0.25, 0.3) is 10.2 Å². The van der Waals surface area contributed by atoms with Crippen LogP contribution in [0.2, 0.25) is 5.02 Å². The van der Waals surface area contributed by atoms with Gasteiger partial charge in [-0.1, -0.05) is 55.0 Å². The quantitative estimate of drug-likeness (QED) is 0.174. The number of aromatic amines is 1. The number of nitrogens with zero attached hydrogens (tertiary/aromatic N) is 3. The Morgan fingerprint density at radius 1 is 1.22 bits per heavy atom. The predicted octanol–water partition coefficient (Wildman–Crippen LogP) is 4.90. The van der Waals surface area contributed by atoms with Gasteiger partial charge in [-0.2, -0.15) is 0 Å². The van der Waals surface area contributed by atoms with Crippen molar-refractivity contribution in [1.29, 1.82) is 0 Å². The lowest BCUT2D eigenvalue weighted by Crippen LogP contribution is -2.58. The van der Waals surface area contributed by atoms with Crippen LogP contribution in [0.4, 0.5) is 0 Å². The van der Waals surface area contributed by atoms with Gasteiger partial charge in [-0.05, 0) is 49.1 Å². The number of benzene rings is 2. The molecule has 46 heavy (non-hydrogen) atoms. The fraction of sp³-hybridized carbons (Fsp3) is 0.485. The number of aliphatic hydroxyl groups excluding tert-OH is 1. The topological polar surface area (TPSA) is 131 Å². The van der Waals surface area contributed by atoms with E-state index < -0.39 is 6.10 Å². The van der Waals surface area contributed by atoms with Gasteiger partial charge < -0.3 is 30.2 Å². The molecule has 2 aromatic heterocycles. The number of hydrogen-bond donors (Lipinski definition) is 4. The summed E-state index contributed by atoms with van der Waals surface area (Å²) >= 11 is 9.09. The zero-order chi connectivity index (χ0) is 32.4. The van der Waals surface area contributed by atoms with Crippen molar-refractivity contribution in [3.63, 3.8) is 0 Å². The van der Waals surface area contributed by atoms with Crippen LogP contribution in [0.15, 0.2) is 40.5 Å². The van der Waals surface area contributed by atoms with Crippen molar-refractivity contribution in [2.45, 2.75) is 57.3 Å². The molecule has 2 saturated heterocycles. The minimum atomic E-state index is -0.831. The fourth-order valence-electron chi connectivity index (χ4n) is 6.30. The molecule has 13 heteroatoms. The maximum atomic E-state index is 13.2. The lowest BCUT2D eigenvalue weighted by atomic mass is 9.89.